The Morgan fingerprint density at radius 2 is 2.06 bits per heavy atom. The Labute approximate surface area is 203 Å². The van der Waals surface area contributed by atoms with Gasteiger partial charge in [-0.3, -0.25) is 4.90 Å². The molecule has 0 aliphatic carbocycles. The number of thiazole rings is 1. The summed E-state index contributed by atoms with van der Waals surface area (Å²) in [5.41, 5.74) is 3.83. The fourth-order valence-electron chi connectivity index (χ4n) is 4.00. The Morgan fingerprint density at radius 1 is 1.21 bits per heavy atom. The number of nitrogens with one attached hydrogen (secondary N) is 1. The molecule has 0 saturated carbocycles. The second-order valence-electron chi connectivity index (χ2n) is 8.53. The number of anilines is 2. The zero-order valence-electron chi connectivity index (χ0n) is 19.4. The number of aromatic hydroxyl groups is 1. The first kappa shape index (κ1) is 22.5. The third-order valence-corrected chi connectivity index (χ3v) is 6.96. The molecular formula is C25H28N6O2S. The number of pyridine rings is 1. The molecule has 1 fully saturated rings. The first-order chi connectivity index (χ1) is 16.5. The van der Waals surface area contributed by atoms with Crippen LogP contribution >= 0.6 is 11.3 Å². The molecule has 2 aromatic heterocycles. The normalized spacial score (nSPS) is 17.3. The lowest BCUT2D eigenvalue weighted by molar-refractivity contribution is 0.133. The van der Waals surface area contributed by atoms with Crippen LogP contribution in [0.15, 0.2) is 41.5 Å². The molecule has 9 heteroatoms. The van der Waals surface area contributed by atoms with E-state index in [2.05, 4.69) is 37.1 Å². The summed E-state index contributed by atoms with van der Waals surface area (Å²) in [7, 11) is 2.17. The lowest BCUT2D eigenvalue weighted by Crippen LogP contribution is -2.45. The number of nitrogens with zero attached hydrogens (tertiary/aromatic N) is 5. The van der Waals surface area contributed by atoms with Crippen LogP contribution < -0.4 is 10.1 Å². The summed E-state index contributed by atoms with van der Waals surface area (Å²) in [6.45, 7) is 8.07. The number of fused-ring (bicyclic) bond motifs is 1. The number of hydrogen-bond acceptors (Lipinski definition) is 9. The van der Waals surface area contributed by atoms with Crippen LogP contribution in [0.2, 0.25) is 0 Å². The van der Waals surface area contributed by atoms with Gasteiger partial charge in [0.05, 0.1) is 4.88 Å². The second kappa shape index (κ2) is 9.92. The van der Waals surface area contributed by atoms with Gasteiger partial charge in [0.2, 0.25) is 5.88 Å². The van der Waals surface area contributed by atoms with Crippen LogP contribution in [0.25, 0.3) is 11.6 Å². The van der Waals surface area contributed by atoms with Gasteiger partial charge in [-0.25, -0.2) is 9.98 Å². The Balaban J connectivity index is 1.21. The molecule has 0 amide bonds. The Morgan fingerprint density at radius 3 is 2.88 bits per heavy atom. The van der Waals surface area contributed by atoms with E-state index in [1.807, 2.05) is 43.3 Å². The van der Waals surface area contributed by atoms with E-state index < -0.39 is 0 Å². The molecule has 1 saturated heterocycles. The van der Waals surface area contributed by atoms with Crippen molar-refractivity contribution in [3.05, 3.63) is 52.5 Å². The molecule has 0 radical (unpaired) electrons. The first-order valence-electron chi connectivity index (χ1n) is 11.4. The van der Waals surface area contributed by atoms with Crippen LogP contribution in [-0.2, 0) is 0 Å². The fraction of sp³-hybridized carbons (Fsp3) is 0.320. The average molecular weight is 477 g/mol. The van der Waals surface area contributed by atoms with Gasteiger partial charge in [0.1, 0.15) is 12.4 Å². The van der Waals surface area contributed by atoms with E-state index in [9.17, 15) is 5.11 Å². The quantitative estimate of drug-likeness (QED) is 0.529. The molecule has 2 aliphatic heterocycles. The molecule has 0 spiro atoms. The van der Waals surface area contributed by atoms with Crippen LogP contribution in [-0.4, -0.2) is 77.5 Å². The summed E-state index contributed by atoms with van der Waals surface area (Å²) in [6, 6.07) is 9.83. The van der Waals surface area contributed by atoms with Crippen molar-refractivity contribution in [1.82, 2.24) is 19.8 Å². The minimum absolute atomic E-state index is 0.00717. The van der Waals surface area contributed by atoms with E-state index in [1.54, 1.807) is 12.4 Å². The van der Waals surface area contributed by atoms with Gasteiger partial charge in [0.15, 0.2) is 10.9 Å². The number of allylic oxidation sites excluding steroid dienone is 1. The molecule has 34 heavy (non-hydrogen) atoms. The van der Waals surface area contributed by atoms with Crippen LogP contribution in [0.3, 0.4) is 0 Å². The predicted octanol–water partition coefficient (Wildman–Crippen LogP) is 4.18. The van der Waals surface area contributed by atoms with E-state index in [4.69, 9.17) is 4.74 Å². The summed E-state index contributed by atoms with van der Waals surface area (Å²) in [5, 5.41) is 14.3. The second-order valence-corrected chi connectivity index (χ2v) is 9.57. The summed E-state index contributed by atoms with van der Waals surface area (Å²) in [5.74, 6) is 1.54. The van der Waals surface area contributed by atoms with E-state index in [0.29, 0.717) is 22.4 Å². The zero-order chi connectivity index (χ0) is 23.5. The lowest BCUT2D eigenvalue weighted by Gasteiger charge is -2.32. The summed E-state index contributed by atoms with van der Waals surface area (Å²) >= 11 is 1.39. The van der Waals surface area contributed by atoms with E-state index in [-0.39, 0.29) is 5.88 Å². The maximum Gasteiger partial charge on any atom is 0.231 e. The molecule has 176 valence electrons. The van der Waals surface area contributed by atoms with Gasteiger partial charge in [0.25, 0.3) is 0 Å². The van der Waals surface area contributed by atoms with Crippen molar-refractivity contribution < 1.29 is 9.84 Å². The highest BCUT2D eigenvalue weighted by Crippen LogP contribution is 2.36. The molecule has 2 N–H and O–H groups in total. The maximum atomic E-state index is 10.4. The summed E-state index contributed by atoms with van der Waals surface area (Å²) in [4.78, 5) is 18.3. The summed E-state index contributed by atoms with van der Waals surface area (Å²) < 4.78 is 5.99. The number of aromatic nitrogens is 2. The van der Waals surface area contributed by atoms with Crippen molar-refractivity contribution in [2.24, 2.45) is 4.99 Å². The molecule has 3 aromatic rings. The topological polar surface area (TPSA) is 86.1 Å². The van der Waals surface area contributed by atoms with Crippen LogP contribution in [0.4, 0.5) is 16.6 Å². The molecule has 1 aromatic carbocycles. The predicted molar refractivity (Wildman–Crippen MR) is 138 cm³/mol. The molecule has 4 heterocycles. The third-order valence-electron chi connectivity index (χ3n) is 6.06. The molecule has 5 rings (SSSR count). The first-order valence-corrected chi connectivity index (χ1v) is 12.2. The van der Waals surface area contributed by atoms with E-state index in [1.165, 1.54) is 11.3 Å². The van der Waals surface area contributed by atoms with Crippen LogP contribution in [0.1, 0.15) is 16.0 Å². The highest BCUT2D eigenvalue weighted by atomic mass is 32.1. The standard InChI is InChI=1S/C25H28N6O2S/c1-17-14-19(33-13-12-31-10-8-30(2)9-11-31)5-6-21(17)28-25-29-24(32)22(34-25)15-18-16-27-23-20(18)4-3-7-26-23/h3-7,14-16,32H,8-13H2,1-2H3,(H,28,29). The number of rotatable bonds is 7. The van der Waals surface area contributed by atoms with E-state index >= 15 is 0 Å². The van der Waals surface area contributed by atoms with Crippen molar-refractivity contribution in [2.75, 3.05) is 51.7 Å². The Bertz CT molecular complexity index is 1230. The number of piperazine rings is 1. The van der Waals surface area contributed by atoms with Gasteiger partial charge in [-0.1, -0.05) is 11.3 Å². The number of likely N-dealkylation sites (N-methyl/N-ethyl adjacent to an activating group) is 1. The Kier molecular flexibility index (Phi) is 6.57. The molecule has 0 bridgehead atoms. The Hall–Kier alpha value is -3.27. The minimum Gasteiger partial charge on any atom is -0.492 e. The van der Waals surface area contributed by atoms with Gasteiger partial charge in [-0.05, 0) is 55.9 Å². The van der Waals surface area contributed by atoms with Gasteiger partial charge in [-0.2, -0.15) is 4.98 Å². The maximum absolute atomic E-state index is 10.4. The van der Waals surface area contributed by atoms with Gasteiger partial charge in [-0.15, -0.1) is 0 Å². The van der Waals surface area contributed by atoms with Crippen molar-refractivity contribution in [2.45, 2.75) is 6.92 Å². The smallest absolute Gasteiger partial charge is 0.231 e. The molecule has 0 atom stereocenters. The van der Waals surface area contributed by atoms with Crippen LogP contribution in [0.5, 0.6) is 11.6 Å². The SMILES string of the molecule is Cc1cc(OCCN2CCN(C)CC2)ccc1Nc1nc(O)c(C=C2C=Nc3ncccc32)s1. The number of ether oxygens (including phenoxy) is 1. The van der Waals surface area contributed by atoms with Crippen LogP contribution in [0, 0.1) is 6.92 Å². The lowest BCUT2D eigenvalue weighted by atomic mass is 10.1. The van der Waals surface area contributed by atoms with Crippen molar-refractivity contribution in [1.29, 1.82) is 0 Å². The largest absolute Gasteiger partial charge is 0.492 e. The zero-order valence-corrected chi connectivity index (χ0v) is 20.2. The fourth-order valence-corrected chi connectivity index (χ4v) is 4.82. The third kappa shape index (κ3) is 5.11. The van der Waals surface area contributed by atoms with E-state index in [0.717, 1.165) is 60.9 Å². The highest BCUT2D eigenvalue weighted by Gasteiger charge is 2.16. The number of hydrogen-bond donors (Lipinski definition) is 2. The number of aryl methyl sites for hydroxylation is 1. The average Bonchev–Trinajstić information content (AvgIpc) is 3.40. The molecular weight excluding hydrogens is 448 g/mol. The molecule has 8 nitrogen and oxygen atoms in total. The minimum atomic E-state index is -0.00717. The van der Waals surface area contributed by atoms with Gasteiger partial charge in [0, 0.05) is 62.0 Å². The van der Waals surface area contributed by atoms with Gasteiger partial charge >= 0.3 is 0 Å². The number of aliphatic imine (C=N–C) groups is 1. The van der Waals surface area contributed by atoms with Crippen molar-refractivity contribution >= 4 is 45.8 Å². The molecule has 2 aliphatic rings. The van der Waals surface area contributed by atoms with Crippen molar-refractivity contribution in [3.63, 3.8) is 0 Å². The molecule has 0 unspecified atom stereocenters. The monoisotopic (exact) mass is 476 g/mol. The van der Waals surface area contributed by atoms with Crippen molar-refractivity contribution in [3.8, 4) is 11.6 Å². The highest BCUT2D eigenvalue weighted by molar-refractivity contribution is 7.16. The summed E-state index contributed by atoms with van der Waals surface area (Å²) in [6.07, 6.45) is 5.37. The number of benzene rings is 1. The van der Waals surface area contributed by atoms with Gasteiger partial charge < -0.3 is 20.1 Å².